The second kappa shape index (κ2) is 12.8. The average Bonchev–Trinajstić information content (AvgIpc) is 3.85. The number of hydrogen-bond donors (Lipinski definition) is 0. The Kier molecular flexibility index (Phi) is 9.66. The van der Waals surface area contributed by atoms with Crippen LogP contribution in [0.5, 0.6) is 11.5 Å². The lowest BCUT2D eigenvalue weighted by Gasteiger charge is -2.22. The van der Waals surface area contributed by atoms with Crippen molar-refractivity contribution in [2.75, 3.05) is 53.6 Å². The van der Waals surface area contributed by atoms with Gasteiger partial charge in [0.15, 0.2) is 0 Å². The van der Waals surface area contributed by atoms with Crippen LogP contribution in [-0.2, 0) is 29.5 Å². The van der Waals surface area contributed by atoms with Crippen molar-refractivity contribution in [3.05, 3.63) is 48.5 Å². The van der Waals surface area contributed by atoms with E-state index in [4.69, 9.17) is 18.9 Å². The van der Waals surface area contributed by atoms with Crippen LogP contribution in [0.1, 0.15) is 25.7 Å². The number of rotatable bonds is 17. The lowest BCUT2D eigenvalue weighted by molar-refractivity contribution is 0.322. The summed E-state index contributed by atoms with van der Waals surface area (Å²) in [4.78, 5) is 0.446. The number of unbranched alkanes of at least 4 members (excludes halogenated alkanes) is 3. The quantitative estimate of drug-likeness (QED) is 0.211. The molecular weight excluding hydrogens is 532 g/mol. The highest BCUT2D eigenvalue weighted by Crippen LogP contribution is 2.24. The van der Waals surface area contributed by atoms with Gasteiger partial charge in [0.2, 0.25) is 20.0 Å². The summed E-state index contributed by atoms with van der Waals surface area (Å²) in [6.45, 7) is 2.53. The molecule has 2 unspecified atom stereocenters. The number of benzene rings is 2. The molecule has 0 aromatic heterocycles. The maximum Gasteiger partial charge on any atom is 0.243 e. The van der Waals surface area contributed by atoms with Crippen molar-refractivity contribution in [1.29, 1.82) is 0 Å². The van der Waals surface area contributed by atoms with E-state index >= 15 is 0 Å². The van der Waals surface area contributed by atoms with Crippen molar-refractivity contribution >= 4 is 20.0 Å². The summed E-state index contributed by atoms with van der Waals surface area (Å²) in [5.74, 6) is 1.19. The molecule has 2 aliphatic rings. The number of nitrogens with zero attached hydrogens (tertiary/aromatic N) is 2. The standard InChI is InChI=1S/C26H36N2O8S2/c1-33-21-7-11-25(12-8-21)37(29,30)27(17-23-19-35-23)15-5-3-4-6-16-28(18-24-20-36-24)38(31,32)26-13-9-22(34-2)10-14-26/h7-14,23-24H,3-6,15-20H2,1-2H3. The van der Waals surface area contributed by atoms with Gasteiger partial charge in [-0.25, -0.2) is 16.8 Å². The van der Waals surface area contributed by atoms with Crippen LogP contribution < -0.4 is 9.47 Å². The first-order chi connectivity index (χ1) is 18.2. The Bertz CT molecular complexity index is 1140. The highest BCUT2D eigenvalue weighted by Gasteiger charge is 2.33. The smallest absolute Gasteiger partial charge is 0.243 e. The fraction of sp³-hybridized carbons (Fsp3) is 0.538. The fourth-order valence-electron chi connectivity index (χ4n) is 4.14. The molecule has 2 saturated heterocycles. The van der Waals surface area contributed by atoms with E-state index in [2.05, 4.69) is 0 Å². The SMILES string of the molecule is COc1ccc(S(=O)(=O)N(CCCCCCN(CC2CO2)S(=O)(=O)c2ccc(OC)cc2)CC2CO2)cc1. The van der Waals surface area contributed by atoms with Crippen molar-refractivity contribution < 1.29 is 35.8 Å². The highest BCUT2D eigenvalue weighted by molar-refractivity contribution is 7.89. The number of hydrogen-bond acceptors (Lipinski definition) is 8. The largest absolute Gasteiger partial charge is 0.497 e. The number of methoxy groups -OCH3 is 2. The molecule has 0 radical (unpaired) electrons. The second-order valence-electron chi connectivity index (χ2n) is 9.40. The molecule has 0 saturated carbocycles. The van der Waals surface area contributed by atoms with Crippen LogP contribution in [0.15, 0.2) is 58.3 Å². The lowest BCUT2D eigenvalue weighted by Crippen LogP contribution is -2.35. The molecule has 2 aromatic carbocycles. The van der Waals surface area contributed by atoms with Gasteiger partial charge < -0.3 is 18.9 Å². The third kappa shape index (κ3) is 7.67. The van der Waals surface area contributed by atoms with Gasteiger partial charge in [0.05, 0.1) is 49.4 Å². The molecule has 0 bridgehead atoms. The molecule has 0 aliphatic carbocycles. The fourth-order valence-corrected chi connectivity index (χ4v) is 7.16. The highest BCUT2D eigenvalue weighted by atomic mass is 32.2. The van der Waals surface area contributed by atoms with E-state index in [0.29, 0.717) is 63.7 Å². The van der Waals surface area contributed by atoms with Crippen LogP contribution in [-0.4, -0.2) is 91.3 Å². The van der Waals surface area contributed by atoms with Crippen molar-refractivity contribution in [2.45, 2.75) is 47.7 Å². The molecule has 0 spiro atoms. The Morgan fingerprint density at radius 3 is 1.29 bits per heavy atom. The Hall–Kier alpha value is -2.22. The first-order valence-corrected chi connectivity index (χ1v) is 15.6. The molecule has 12 heteroatoms. The summed E-state index contributed by atoms with van der Waals surface area (Å²) >= 11 is 0. The van der Waals surface area contributed by atoms with Crippen LogP contribution in [0.25, 0.3) is 0 Å². The molecule has 2 aromatic rings. The Morgan fingerprint density at radius 1 is 0.658 bits per heavy atom. The molecule has 210 valence electrons. The topological polar surface area (TPSA) is 118 Å². The third-order valence-corrected chi connectivity index (χ3v) is 10.3. The summed E-state index contributed by atoms with van der Waals surface area (Å²) in [6, 6.07) is 12.8. The Labute approximate surface area is 225 Å². The summed E-state index contributed by atoms with van der Waals surface area (Å²) in [5, 5.41) is 0. The predicted molar refractivity (Wildman–Crippen MR) is 141 cm³/mol. The van der Waals surface area contributed by atoms with E-state index in [1.54, 1.807) is 48.5 Å². The van der Waals surface area contributed by atoms with E-state index in [1.165, 1.54) is 22.8 Å². The third-order valence-electron chi connectivity index (χ3n) is 6.58. The minimum absolute atomic E-state index is 0.0654. The van der Waals surface area contributed by atoms with Crippen molar-refractivity contribution in [3.8, 4) is 11.5 Å². The van der Waals surface area contributed by atoms with Gasteiger partial charge in [-0.3, -0.25) is 0 Å². The van der Waals surface area contributed by atoms with Gasteiger partial charge >= 0.3 is 0 Å². The lowest BCUT2D eigenvalue weighted by atomic mass is 10.2. The zero-order valence-corrected chi connectivity index (χ0v) is 23.5. The number of epoxide rings is 2. The maximum atomic E-state index is 13.2. The van der Waals surface area contributed by atoms with E-state index in [9.17, 15) is 16.8 Å². The molecule has 4 rings (SSSR count). The van der Waals surface area contributed by atoms with Crippen LogP contribution >= 0.6 is 0 Å². The zero-order chi connectivity index (χ0) is 27.2. The molecule has 2 aliphatic heterocycles. The van der Waals surface area contributed by atoms with Crippen molar-refractivity contribution in [2.24, 2.45) is 0 Å². The number of ether oxygens (including phenoxy) is 4. The van der Waals surface area contributed by atoms with E-state index in [-0.39, 0.29) is 22.0 Å². The van der Waals surface area contributed by atoms with Crippen LogP contribution in [0, 0.1) is 0 Å². The molecule has 0 amide bonds. The normalized spacial score (nSPS) is 19.1. The summed E-state index contributed by atoms with van der Waals surface area (Å²) < 4.78 is 76.8. The monoisotopic (exact) mass is 568 g/mol. The van der Waals surface area contributed by atoms with Crippen molar-refractivity contribution in [1.82, 2.24) is 8.61 Å². The first kappa shape index (κ1) is 28.8. The van der Waals surface area contributed by atoms with E-state index < -0.39 is 20.0 Å². The minimum atomic E-state index is -3.66. The summed E-state index contributed by atoms with van der Waals surface area (Å²) in [7, 11) is -4.25. The van der Waals surface area contributed by atoms with Gasteiger partial charge in [0.25, 0.3) is 0 Å². The molecule has 10 nitrogen and oxygen atoms in total. The maximum absolute atomic E-state index is 13.2. The van der Waals surface area contributed by atoms with Gasteiger partial charge in [-0.05, 0) is 61.4 Å². The van der Waals surface area contributed by atoms with Gasteiger partial charge in [-0.1, -0.05) is 12.8 Å². The Morgan fingerprint density at radius 2 is 1.00 bits per heavy atom. The molecular formula is C26H36N2O8S2. The molecule has 2 fully saturated rings. The summed E-state index contributed by atoms with van der Waals surface area (Å²) in [5.41, 5.74) is 0. The minimum Gasteiger partial charge on any atom is -0.497 e. The molecule has 2 atom stereocenters. The molecule has 38 heavy (non-hydrogen) atoms. The van der Waals surface area contributed by atoms with Crippen molar-refractivity contribution in [3.63, 3.8) is 0 Å². The Balaban J connectivity index is 1.29. The van der Waals surface area contributed by atoms with E-state index in [1.807, 2.05) is 0 Å². The summed E-state index contributed by atoms with van der Waals surface area (Å²) in [6.07, 6.45) is 2.75. The second-order valence-corrected chi connectivity index (χ2v) is 13.3. The molecule has 2 heterocycles. The first-order valence-electron chi connectivity index (χ1n) is 12.8. The molecule has 0 N–H and O–H groups in total. The van der Waals surface area contributed by atoms with Gasteiger partial charge in [-0.2, -0.15) is 8.61 Å². The van der Waals surface area contributed by atoms with Gasteiger partial charge in [-0.15, -0.1) is 0 Å². The number of sulfonamides is 2. The average molecular weight is 569 g/mol. The van der Waals surface area contributed by atoms with Crippen LogP contribution in [0.4, 0.5) is 0 Å². The predicted octanol–water partition coefficient (Wildman–Crippen LogP) is 2.74. The van der Waals surface area contributed by atoms with E-state index in [0.717, 1.165) is 12.8 Å². The van der Waals surface area contributed by atoms with Gasteiger partial charge in [0.1, 0.15) is 11.5 Å². The zero-order valence-electron chi connectivity index (χ0n) is 21.8. The van der Waals surface area contributed by atoms with Gasteiger partial charge in [0, 0.05) is 26.2 Å². The van der Waals surface area contributed by atoms with Crippen LogP contribution in [0.2, 0.25) is 0 Å². The van der Waals surface area contributed by atoms with Crippen LogP contribution in [0.3, 0.4) is 0 Å².